The van der Waals surface area contributed by atoms with Crippen LogP contribution in [-0.4, -0.2) is 36.6 Å². The van der Waals surface area contributed by atoms with Crippen molar-refractivity contribution in [1.82, 2.24) is 0 Å². The van der Waals surface area contributed by atoms with E-state index < -0.39 is 0 Å². The molecule has 3 aromatic rings. The van der Waals surface area contributed by atoms with E-state index in [1.807, 2.05) is 0 Å². The SMILES string of the molecule is CCCCCCc1cc(-c2ccc(B3OC(C)(C)C(C)(C)O3)c(C)c2)c(CCCCCC)cc1-c1ccc(B2OC(C)(C)C(C)(C)O2)c(C)c1. The molecule has 0 saturated carbocycles. The molecule has 2 fully saturated rings. The van der Waals surface area contributed by atoms with Crippen molar-refractivity contribution in [2.75, 3.05) is 0 Å². The summed E-state index contributed by atoms with van der Waals surface area (Å²) in [5.74, 6) is 0. The molecule has 0 aliphatic carbocycles. The summed E-state index contributed by atoms with van der Waals surface area (Å²) in [7, 11) is -0.718. The first-order valence-electron chi connectivity index (χ1n) is 19.6. The molecule has 4 nitrogen and oxygen atoms in total. The number of rotatable bonds is 14. The average Bonchev–Trinajstić information content (AvgIpc) is 3.40. The van der Waals surface area contributed by atoms with Gasteiger partial charge in [0.15, 0.2) is 0 Å². The van der Waals surface area contributed by atoms with Gasteiger partial charge in [-0.1, -0.05) is 112 Å². The summed E-state index contributed by atoms with van der Waals surface area (Å²) in [6.07, 6.45) is 12.1. The average molecular weight is 679 g/mol. The molecular weight excluding hydrogens is 614 g/mol. The topological polar surface area (TPSA) is 36.9 Å². The Balaban J connectivity index is 1.55. The summed E-state index contributed by atoms with van der Waals surface area (Å²) in [5.41, 5.74) is 11.4. The van der Waals surface area contributed by atoms with E-state index in [0.717, 1.165) is 23.8 Å². The summed E-state index contributed by atoms with van der Waals surface area (Å²) in [4.78, 5) is 0. The van der Waals surface area contributed by atoms with Gasteiger partial charge in [0.25, 0.3) is 0 Å². The molecule has 270 valence electrons. The van der Waals surface area contributed by atoms with Gasteiger partial charge in [-0.25, -0.2) is 0 Å². The largest absolute Gasteiger partial charge is 0.495 e. The third kappa shape index (κ3) is 8.15. The normalized spacial score (nSPS) is 19.0. The molecule has 5 rings (SSSR count). The Morgan fingerprint density at radius 1 is 0.460 bits per heavy atom. The van der Waals surface area contributed by atoms with Crippen LogP contribution in [0, 0.1) is 13.8 Å². The Hall–Kier alpha value is -2.37. The molecule has 2 aliphatic heterocycles. The molecule has 2 saturated heterocycles. The molecule has 0 amide bonds. The highest BCUT2D eigenvalue weighted by Gasteiger charge is 2.53. The highest BCUT2D eigenvalue weighted by molar-refractivity contribution is 6.63. The van der Waals surface area contributed by atoms with Gasteiger partial charge in [-0.2, -0.15) is 0 Å². The van der Waals surface area contributed by atoms with Crippen LogP contribution >= 0.6 is 0 Å². The zero-order valence-electron chi connectivity index (χ0n) is 33.5. The first-order valence-corrected chi connectivity index (χ1v) is 19.6. The number of aryl methyl sites for hydroxylation is 4. The summed E-state index contributed by atoms with van der Waals surface area (Å²) in [6.45, 7) is 26.0. The molecule has 0 spiro atoms. The van der Waals surface area contributed by atoms with Gasteiger partial charge in [0, 0.05) is 0 Å². The minimum Gasteiger partial charge on any atom is -0.399 e. The van der Waals surface area contributed by atoms with E-state index in [1.165, 1.54) is 95.9 Å². The van der Waals surface area contributed by atoms with Crippen LogP contribution in [0.15, 0.2) is 48.5 Å². The van der Waals surface area contributed by atoms with Crippen molar-refractivity contribution in [3.8, 4) is 22.3 Å². The lowest BCUT2D eigenvalue weighted by Gasteiger charge is -2.32. The van der Waals surface area contributed by atoms with Crippen LogP contribution in [0.3, 0.4) is 0 Å². The zero-order chi connectivity index (χ0) is 36.5. The molecule has 3 aromatic carbocycles. The Labute approximate surface area is 305 Å². The van der Waals surface area contributed by atoms with E-state index in [4.69, 9.17) is 18.6 Å². The third-order valence-electron chi connectivity index (χ3n) is 12.1. The van der Waals surface area contributed by atoms with E-state index in [0.29, 0.717) is 0 Å². The second-order valence-electron chi connectivity index (χ2n) is 17.1. The molecule has 6 heteroatoms. The fourth-order valence-corrected chi connectivity index (χ4v) is 7.28. The first-order chi connectivity index (χ1) is 23.5. The lowest BCUT2D eigenvalue weighted by Crippen LogP contribution is -2.41. The summed E-state index contributed by atoms with van der Waals surface area (Å²) in [5, 5.41) is 0. The number of hydrogen-bond donors (Lipinski definition) is 0. The van der Waals surface area contributed by atoms with Crippen LogP contribution in [0.1, 0.15) is 143 Å². The fourth-order valence-electron chi connectivity index (χ4n) is 7.28. The number of benzene rings is 3. The maximum absolute atomic E-state index is 6.46. The van der Waals surface area contributed by atoms with Crippen molar-refractivity contribution >= 4 is 25.2 Å². The van der Waals surface area contributed by atoms with E-state index in [2.05, 4.69) is 132 Å². The van der Waals surface area contributed by atoms with E-state index in [-0.39, 0.29) is 36.6 Å². The van der Waals surface area contributed by atoms with Gasteiger partial charge in [0.1, 0.15) is 0 Å². The zero-order valence-corrected chi connectivity index (χ0v) is 33.5. The van der Waals surface area contributed by atoms with Crippen molar-refractivity contribution in [3.05, 3.63) is 70.8 Å². The van der Waals surface area contributed by atoms with Gasteiger partial charge >= 0.3 is 14.2 Å². The Bertz CT molecular complexity index is 1490. The van der Waals surface area contributed by atoms with E-state index in [1.54, 1.807) is 0 Å². The summed E-state index contributed by atoms with van der Waals surface area (Å²) < 4.78 is 25.8. The monoisotopic (exact) mass is 678 g/mol. The molecule has 0 unspecified atom stereocenters. The molecule has 0 bridgehead atoms. The smallest absolute Gasteiger partial charge is 0.399 e. The van der Waals surface area contributed by atoms with Gasteiger partial charge in [-0.05, 0) is 139 Å². The van der Waals surface area contributed by atoms with Gasteiger partial charge in [0.2, 0.25) is 0 Å². The van der Waals surface area contributed by atoms with Crippen molar-refractivity contribution in [2.45, 2.75) is 170 Å². The van der Waals surface area contributed by atoms with Crippen LogP contribution in [0.25, 0.3) is 22.3 Å². The van der Waals surface area contributed by atoms with Crippen molar-refractivity contribution in [3.63, 3.8) is 0 Å². The Morgan fingerprint density at radius 2 is 0.800 bits per heavy atom. The molecule has 0 atom stereocenters. The van der Waals surface area contributed by atoms with Crippen LogP contribution in [0.2, 0.25) is 0 Å². The fraction of sp³-hybridized carbons (Fsp3) is 0.591. The second kappa shape index (κ2) is 15.3. The molecule has 2 aliphatic rings. The molecule has 2 heterocycles. The van der Waals surface area contributed by atoms with Gasteiger partial charge in [0.05, 0.1) is 22.4 Å². The maximum Gasteiger partial charge on any atom is 0.495 e. The highest BCUT2D eigenvalue weighted by Crippen LogP contribution is 2.40. The summed E-state index contributed by atoms with van der Waals surface area (Å²) in [6, 6.07) is 18.8. The first kappa shape index (κ1) is 38.9. The van der Waals surface area contributed by atoms with Gasteiger partial charge < -0.3 is 18.6 Å². The summed E-state index contributed by atoms with van der Waals surface area (Å²) >= 11 is 0. The number of unbranched alkanes of at least 4 members (excludes halogenated alkanes) is 6. The van der Waals surface area contributed by atoms with E-state index >= 15 is 0 Å². The predicted molar refractivity (Wildman–Crippen MR) is 214 cm³/mol. The van der Waals surface area contributed by atoms with Gasteiger partial charge in [-0.15, -0.1) is 0 Å². The Kier molecular flexibility index (Phi) is 11.9. The molecule has 0 radical (unpaired) electrons. The molecule has 50 heavy (non-hydrogen) atoms. The van der Waals surface area contributed by atoms with Crippen molar-refractivity contribution in [1.29, 1.82) is 0 Å². The number of hydrogen-bond acceptors (Lipinski definition) is 4. The van der Waals surface area contributed by atoms with Crippen molar-refractivity contribution < 1.29 is 18.6 Å². The van der Waals surface area contributed by atoms with Crippen molar-refractivity contribution in [2.24, 2.45) is 0 Å². The Morgan fingerprint density at radius 3 is 1.10 bits per heavy atom. The van der Waals surface area contributed by atoms with Gasteiger partial charge in [-0.3, -0.25) is 0 Å². The van der Waals surface area contributed by atoms with Crippen LogP contribution in [0.5, 0.6) is 0 Å². The molecule has 0 N–H and O–H groups in total. The minimum absolute atomic E-state index is 0.359. The molecule has 0 aromatic heterocycles. The molecular formula is C44H64B2O4. The van der Waals surface area contributed by atoms with Crippen LogP contribution < -0.4 is 10.9 Å². The second-order valence-corrected chi connectivity index (χ2v) is 17.1. The van der Waals surface area contributed by atoms with E-state index in [9.17, 15) is 0 Å². The minimum atomic E-state index is -0.363. The lowest BCUT2D eigenvalue weighted by molar-refractivity contribution is 0.00578. The van der Waals surface area contributed by atoms with Crippen LogP contribution in [-0.2, 0) is 31.5 Å². The maximum atomic E-state index is 6.46. The standard InChI is InChI=1S/C44H64B2O4/c1-13-15-17-19-21-33-29-38(36-24-26-40(32(4)28-36)46-49-43(9,10)44(11,12)50-46)34(22-20-18-16-14-2)30-37(33)35-23-25-39(31(3)27-35)45-47-41(5,6)42(7,8)48-45/h23-30H,13-22H2,1-12H3. The third-order valence-corrected chi connectivity index (χ3v) is 12.1. The van der Waals surface area contributed by atoms with Crippen LogP contribution in [0.4, 0.5) is 0 Å². The lowest BCUT2D eigenvalue weighted by atomic mass is 9.74. The predicted octanol–water partition coefficient (Wildman–Crippen LogP) is 10.5. The quantitative estimate of drug-likeness (QED) is 0.126. The highest BCUT2D eigenvalue weighted by atomic mass is 16.7.